The molecule has 1 atom stereocenters. The highest BCUT2D eigenvalue weighted by atomic mass is 127. The van der Waals surface area contributed by atoms with Gasteiger partial charge in [-0.25, -0.2) is 0 Å². The van der Waals surface area contributed by atoms with Crippen LogP contribution in [0.15, 0.2) is 0 Å². The minimum absolute atomic E-state index is 0.971. The summed E-state index contributed by atoms with van der Waals surface area (Å²) in [5.74, 6) is 0.971. The van der Waals surface area contributed by atoms with Gasteiger partial charge in [-0.1, -0.05) is 101 Å². The lowest BCUT2D eigenvalue weighted by Gasteiger charge is -2.10. The topological polar surface area (TPSA) is 0 Å². The van der Waals surface area contributed by atoms with E-state index < -0.39 is 0 Å². The predicted molar refractivity (Wildman–Crippen MR) is 84.5 cm³/mol. The van der Waals surface area contributed by atoms with Gasteiger partial charge in [0.25, 0.3) is 0 Å². The van der Waals surface area contributed by atoms with Crippen LogP contribution in [0.1, 0.15) is 84.5 Å². The average Bonchev–Trinajstić information content (AvgIpc) is 2.28. The van der Waals surface area contributed by atoms with E-state index >= 15 is 0 Å². The molecule has 0 heterocycles. The highest BCUT2D eigenvalue weighted by Crippen LogP contribution is 2.17. The molecule has 0 aromatic rings. The summed E-state index contributed by atoms with van der Waals surface area (Å²) in [4.78, 5) is 0. The van der Waals surface area contributed by atoms with Gasteiger partial charge in [-0.2, -0.15) is 0 Å². The maximum Gasteiger partial charge on any atom is -0.000473 e. The second kappa shape index (κ2) is 13.8. The van der Waals surface area contributed by atoms with E-state index in [2.05, 4.69) is 36.4 Å². The number of hydrogen-bond acceptors (Lipinski definition) is 0. The largest absolute Gasteiger partial charge is 0.0864 e. The fourth-order valence-electron chi connectivity index (χ4n) is 2.18. The molecule has 0 amide bonds. The molecule has 0 saturated carbocycles. The van der Waals surface area contributed by atoms with Crippen molar-refractivity contribution in [3.05, 3.63) is 0 Å². The van der Waals surface area contributed by atoms with Gasteiger partial charge >= 0.3 is 0 Å². The molecule has 0 rings (SSSR count). The van der Waals surface area contributed by atoms with E-state index in [1.165, 1.54) is 75.1 Å². The summed E-state index contributed by atoms with van der Waals surface area (Å²) >= 11 is 2.48. The third-order valence-corrected chi connectivity index (χ3v) is 4.14. The molecule has 0 N–H and O–H groups in total. The summed E-state index contributed by atoms with van der Waals surface area (Å²) in [7, 11) is 0. The van der Waals surface area contributed by atoms with Gasteiger partial charge in [-0.3, -0.25) is 0 Å². The Morgan fingerprint density at radius 1 is 0.750 bits per heavy atom. The van der Waals surface area contributed by atoms with E-state index in [9.17, 15) is 0 Å². The number of unbranched alkanes of at least 4 members (excludes halogenated alkanes) is 7. The minimum Gasteiger partial charge on any atom is -0.0864 e. The summed E-state index contributed by atoms with van der Waals surface area (Å²) in [5, 5.41) is 0. The first-order chi connectivity index (χ1) is 7.81. The van der Waals surface area contributed by atoms with E-state index in [4.69, 9.17) is 0 Å². The molecular weight excluding hydrogens is 307 g/mol. The van der Waals surface area contributed by atoms with Gasteiger partial charge in [0.15, 0.2) is 0 Å². The average molecular weight is 338 g/mol. The quantitative estimate of drug-likeness (QED) is 0.220. The zero-order chi connectivity index (χ0) is 12.1. The van der Waals surface area contributed by atoms with Crippen LogP contribution in [-0.2, 0) is 0 Å². The molecule has 0 nitrogen and oxygen atoms in total. The van der Waals surface area contributed by atoms with Crippen LogP contribution in [-0.4, -0.2) is 4.43 Å². The third-order valence-electron chi connectivity index (χ3n) is 3.38. The Morgan fingerprint density at radius 2 is 1.25 bits per heavy atom. The van der Waals surface area contributed by atoms with Crippen LogP contribution in [0.3, 0.4) is 0 Å². The Kier molecular flexibility index (Phi) is 14.4. The second-order valence-electron chi connectivity index (χ2n) is 5.20. The van der Waals surface area contributed by atoms with Gasteiger partial charge in [0.2, 0.25) is 0 Å². The van der Waals surface area contributed by atoms with Gasteiger partial charge in [0.05, 0.1) is 0 Å². The molecule has 1 unspecified atom stereocenters. The summed E-state index contributed by atoms with van der Waals surface area (Å²) in [6.07, 6.45) is 15.9. The zero-order valence-corrected chi connectivity index (χ0v) is 13.6. The molecule has 0 radical (unpaired) electrons. The van der Waals surface area contributed by atoms with Crippen molar-refractivity contribution in [3.8, 4) is 0 Å². The van der Waals surface area contributed by atoms with Crippen molar-refractivity contribution in [1.29, 1.82) is 0 Å². The SMILES string of the molecule is CCCCCCCCCC(C)CCCCI. The van der Waals surface area contributed by atoms with Crippen molar-refractivity contribution < 1.29 is 0 Å². The van der Waals surface area contributed by atoms with E-state index in [1.807, 2.05) is 0 Å². The molecule has 98 valence electrons. The Bertz CT molecular complexity index is 123. The maximum absolute atomic E-state index is 2.48. The third kappa shape index (κ3) is 12.8. The van der Waals surface area contributed by atoms with E-state index in [-0.39, 0.29) is 0 Å². The van der Waals surface area contributed by atoms with Crippen LogP contribution in [0.25, 0.3) is 0 Å². The number of hydrogen-bond donors (Lipinski definition) is 0. The monoisotopic (exact) mass is 338 g/mol. The second-order valence-corrected chi connectivity index (χ2v) is 6.28. The van der Waals surface area contributed by atoms with Gasteiger partial charge in [-0.05, 0) is 16.8 Å². The number of halogens is 1. The summed E-state index contributed by atoms with van der Waals surface area (Å²) in [6.45, 7) is 4.72. The van der Waals surface area contributed by atoms with Gasteiger partial charge in [-0.15, -0.1) is 0 Å². The minimum atomic E-state index is 0.971. The first-order valence-corrected chi connectivity index (χ1v) is 8.89. The predicted octanol–water partition coefficient (Wildman–Crippen LogP) is 6.37. The Labute approximate surface area is 117 Å². The van der Waals surface area contributed by atoms with Crippen LogP contribution in [0.2, 0.25) is 0 Å². The smallest absolute Gasteiger partial charge is 0.000473 e. The highest BCUT2D eigenvalue weighted by Gasteiger charge is 2.01. The van der Waals surface area contributed by atoms with Crippen LogP contribution in [0.4, 0.5) is 0 Å². The number of rotatable bonds is 12. The molecular formula is C15H31I. The molecule has 1 heteroatoms. The summed E-state index contributed by atoms with van der Waals surface area (Å²) in [6, 6.07) is 0. The lowest BCUT2D eigenvalue weighted by atomic mass is 9.97. The fraction of sp³-hybridized carbons (Fsp3) is 1.00. The Hall–Kier alpha value is 0.730. The molecule has 0 spiro atoms. The molecule has 0 saturated heterocycles. The molecule has 0 fully saturated rings. The molecule has 0 aliphatic heterocycles. The maximum atomic E-state index is 2.48. The van der Waals surface area contributed by atoms with E-state index in [0.29, 0.717) is 0 Å². The highest BCUT2D eigenvalue weighted by molar-refractivity contribution is 14.1. The molecule has 0 aliphatic carbocycles. The summed E-state index contributed by atoms with van der Waals surface area (Å²) in [5.41, 5.74) is 0. The van der Waals surface area contributed by atoms with Gasteiger partial charge in [0, 0.05) is 0 Å². The first-order valence-electron chi connectivity index (χ1n) is 7.37. The summed E-state index contributed by atoms with van der Waals surface area (Å²) < 4.78 is 1.34. The van der Waals surface area contributed by atoms with Crippen molar-refractivity contribution in [3.63, 3.8) is 0 Å². The van der Waals surface area contributed by atoms with E-state index in [0.717, 1.165) is 5.92 Å². The van der Waals surface area contributed by atoms with Crippen LogP contribution < -0.4 is 0 Å². The molecule has 16 heavy (non-hydrogen) atoms. The standard InChI is InChI=1S/C15H31I/c1-3-4-5-6-7-8-9-12-15(2)13-10-11-14-16/h15H,3-14H2,1-2H3. The molecule has 0 aromatic heterocycles. The molecule has 0 aromatic carbocycles. The normalized spacial score (nSPS) is 12.9. The van der Waals surface area contributed by atoms with Gasteiger partial charge < -0.3 is 0 Å². The van der Waals surface area contributed by atoms with Crippen LogP contribution in [0, 0.1) is 5.92 Å². The van der Waals surface area contributed by atoms with Crippen molar-refractivity contribution in [2.45, 2.75) is 84.5 Å². The molecule has 0 aliphatic rings. The Balaban J connectivity index is 3.06. The van der Waals surface area contributed by atoms with E-state index in [1.54, 1.807) is 0 Å². The van der Waals surface area contributed by atoms with Crippen molar-refractivity contribution in [1.82, 2.24) is 0 Å². The van der Waals surface area contributed by atoms with Crippen molar-refractivity contribution in [2.75, 3.05) is 4.43 Å². The van der Waals surface area contributed by atoms with Crippen molar-refractivity contribution in [2.24, 2.45) is 5.92 Å². The van der Waals surface area contributed by atoms with Crippen LogP contribution >= 0.6 is 22.6 Å². The Morgan fingerprint density at radius 3 is 1.81 bits per heavy atom. The molecule has 0 bridgehead atoms. The fourth-order valence-corrected chi connectivity index (χ4v) is 2.72. The van der Waals surface area contributed by atoms with Crippen molar-refractivity contribution >= 4 is 22.6 Å². The first kappa shape index (κ1) is 16.7. The van der Waals surface area contributed by atoms with Crippen LogP contribution in [0.5, 0.6) is 0 Å². The number of alkyl halides is 1. The zero-order valence-electron chi connectivity index (χ0n) is 11.4. The lowest BCUT2D eigenvalue weighted by molar-refractivity contribution is 0.442. The lowest BCUT2D eigenvalue weighted by Crippen LogP contribution is -1.95. The van der Waals surface area contributed by atoms with Gasteiger partial charge in [0.1, 0.15) is 0 Å².